The van der Waals surface area contributed by atoms with E-state index in [-0.39, 0.29) is 0 Å². The molecule has 1 aromatic heterocycles. The van der Waals surface area contributed by atoms with Gasteiger partial charge in [-0.2, -0.15) is 0 Å². The Kier molecular flexibility index (Phi) is 18.1. The lowest BCUT2D eigenvalue weighted by molar-refractivity contribution is -0.106. The van der Waals surface area contributed by atoms with Crippen molar-refractivity contribution in [2.75, 3.05) is 45.7 Å². The minimum absolute atomic E-state index is 0.409. The fourth-order valence-electron chi connectivity index (χ4n) is 4.08. The number of halogens is 1. The quantitative estimate of drug-likeness (QED) is 0.129. The molecule has 0 radical (unpaired) electrons. The molecule has 5 N–H and O–H groups in total. The molecule has 1 saturated heterocycles. The summed E-state index contributed by atoms with van der Waals surface area (Å²) in [7, 11) is 4.70. The Bertz CT molecular complexity index is 933. The zero-order chi connectivity index (χ0) is 29.1. The second kappa shape index (κ2) is 19.8. The molecule has 0 bridgehead atoms. The van der Waals surface area contributed by atoms with Crippen LogP contribution in [0.25, 0.3) is 5.70 Å². The number of hydrazine groups is 1. The van der Waals surface area contributed by atoms with Crippen LogP contribution in [0.15, 0.2) is 41.8 Å². The van der Waals surface area contributed by atoms with Crippen LogP contribution in [0.4, 0.5) is 10.1 Å². The molecule has 2 heterocycles. The number of hydrogen-bond donors (Lipinski definition) is 3. The molecule has 2 rings (SSSR count). The van der Waals surface area contributed by atoms with Crippen LogP contribution in [0.5, 0.6) is 0 Å². The highest BCUT2D eigenvalue weighted by Gasteiger charge is 2.22. The summed E-state index contributed by atoms with van der Waals surface area (Å²) in [5.41, 5.74) is 11.4. The largest absolute Gasteiger partial charge is 0.400 e. The summed E-state index contributed by atoms with van der Waals surface area (Å²) in [4.78, 5) is 28.4. The van der Waals surface area contributed by atoms with Gasteiger partial charge in [0.2, 0.25) is 0 Å². The number of carbonyl (C=O) groups is 2. The molecule has 0 amide bonds. The second-order valence-electron chi connectivity index (χ2n) is 8.77. The fraction of sp³-hybridized carbons (Fsp3) is 0.536. The Morgan fingerprint density at radius 3 is 2.45 bits per heavy atom. The van der Waals surface area contributed by atoms with Gasteiger partial charge in [-0.3, -0.25) is 4.79 Å². The Labute approximate surface area is 227 Å². The van der Waals surface area contributed by atoms with Crippen LogP contribution in [-0.2, 0) is 16.0 Å². The molecule has 1 aliphatic heterocycles. The first-order valence-corrected chi connectivity index (χ1v) is 13.0. The molecule has 0 spiro atoms. The number of aldehydes is 2. The van der Waals surface area contributed by atoms with Crippen molar-refractivity contribution in [1.82, 2.24) is 14.9 Å². The smallest absolute Gasteiger partial charge is 0.142 e. The lowest BCUT2D eigenvalue weighted by Crippen LogP contribution is -2.37. The maximum atomic E-state index is 13.9. The van der Waals surface area contributed by atoms with Crippen molar-refractivity contribution in [3.05, 3.63) is 53.1 Å². The van der Waals surface area contributed by atoms with Crippen molar-refractivity contribution in [2.45, 2.75) is 59.0 Å². The SMILES string of the molecule is CC=O.CCCC(/C=C\C=O)=C/N(C)C/C(=C(/N)c1ccc(N2CCCC(F)C2)c(CC)n1)N(C)N.CO. The summed E-state index contributed by atoms with van der Waals surface area (Å²) in [6.07, 6.45) is 10.1. The van der Waals surface area contributed by atoms with Crippen LogP contribution in [0, 0.1) is 0 Å². The molecule has 1 atom stereocenters. The Morgan fingerprint density at radius 2 is 1.92 bits per heavy atom. The third kappa shape index (κ3) is 11.9. The Morgan fingerprint density at radius 1 is 1.26 bits per heavy atom. The van der Waals surface area contributed by atoms with Gasteiger partial charge < -0.3 is 30.4 Å². The highest BCUT2D eigenvalue weighted by molar-refractivity contribution is 5.66. The molecular weight excluding hydrogens is 487 g/mol. The highest BCUT2D eigenvalue weighted by Crippen LogP contribution is 2.27. The predicted octanol–water partition coefficient (Wildman–Crippen LogP) is 3.20. The van der Waals surface area contributed by atoms with Gasteiger partial charge in [-0.25, -0.2) is 15.2 Å². The van der Waals surface area contributed by atoms with E-state index in [1.165, 1.54) is 18.0 Å². The maximum Gasteiger partial charge on any atom is 0.142 e. The van der Waals surface area contributed by atoms with Gasteiger partial charge in [-0.1, -0.05) is 26.3 Å². The van der Waals surface area contributed by atoms with Gasteiger partial charge in [0.25, 0.3) is 0 Å². The predicted molar refractivity (Wildman–Crippen MR) is 154 cm³/mol. The van der Waals surface area contributed by atoms with Crippen LogP contribution >= 0.6 is 0 Å². The molecule has 0 aromatic carbocycles. The molecule has 1 fully saturated rings. The standard InChI is InChI=1S/C25H39FN6O.C2H4O.CH4O/c1-5-9-19(10-8-15-33)16-30(3)18-24(31(4)28)25(27)22-12-13-23(21(6-2)29-22)32-14-7-11-20(26)17-32;1-2-3;1-2/h8,10,12-13,15-16,20H,5-7,9,11,14,17-18,27-28H2,1-4H3;2H,1H3;2H,1H3/b10-8-,19-16-,25-24-;;. The van der Waals surface area contributed by atoms with E-state index in [1.54, 1.807) is 7.05 Å². The van der Waals surface area contributed by atoms with E-state index in [1.807, 2.05) is 43.3 Å². The Hall–Kier alpha value is -3.24. The molecule has 1 aliphatic rings. The summed E-state index contributed by atoms with van der Waals surface area (Å²) < 4.78 is 13.9. The van der Waals surface area contributed by atoms with Crippen LogP contribution < -0.4 is 16.5 Å². The van der Waals surface area contributed by atoms with Crippen LogP contribution in [-0.4, -0.2) is 79.6 Å². The lowest BCUT2D eigenvalue weighted by atomic mass is 10.1. The third-order valence-electron chi connectivity index (χ3n) is 5.72. The number of aliphatic hydroxyl groups excluding tert-OH is 1. The number of hydrogen-bond acceptors (Lipinski definition) is 9. The number of aryl methyl sites for hydroxylation is 1. The highest BCUT2D eigenvalue weighted by atomic mass is 19.1. The van der Waals surface area contributed by atoms with Gasteiger partial charge in [0.1, 0.15) is 18.7 Å². The van der Waals surface area contributed by atoms with Crippen LogP contribution in [0.3, 0.4) is 0 Å². The van der Waals surface area contributed by atoms with Crippen molar-refractivity contribution in [1.29, 1.82) is 0 Å². The number of aliphatic hydroxyl groups is 1. The van der Waals surface area contributed by atoms with E-state index in [4.69, 9.17) is 26.5 Å². The van der Waals surface area contributed by atoms with E-state index in [0.29, 0.717) is 30.9 Å². The number of carbonyl (C=O) groups excluding carboxylic acids is 2. The third-order valence-corrected chi connectivity index (χ3v) is 5.72. The molecule has 0 saturated carbocycles. The number of alkyl halides is 1. The number of rotatable bonds is 11. The van der Waals surface area contributed by atoms with Gasteiger partial charge >= 0.3 is 0 Å². The van der Waals surface area contributed by atoms with Gasteiger partial charge in [-0.05, 0) is 56.4 Å². The van der Waals surface area contributed by atoms with E-state index < -0.39 is 6.17 Å². The summed E-state index contributed by atoms with van der Waals surface area (Å²) in [6, 6.07) is 3.88. The minimum atomic E-state index is -0.798. The average Bonchev–Trinajstić information content (AvgIpc) is 2.91. The number of pyridine rings is 1. The number of nitrogens with zero attached hydrogens (tertiary/aromatic N) is 4. The molecule has 1 aromatic rings. The van der Waals surface area contributed by atoms with Gasteiger partial charge in [0.05, 0.1) is 35.0 Å². The zero-order valence-corrected chi connectivity index (χ0v) is 23.9. The molecule has 38 heavy (non-hydrogen) atoms. The van der Waals surface area contributed by atoms with Crippen molar-refractivity contribution in [3.63, 3.8) is 0 Å². The number of piperidine rings is 1. The molecule has 1 unspecified atom stereocenters. The lowest BCUT2D eigenvalue weighted by Gasteiger charge is -2.32. The van der Waals surface area contributed by atoms with E-state index in [0.717, 1.165) is 74.6 Å². The monoisotopic (exact) mass is 534 g/mol. The molecule has 10 heteroatoms. The summed E-state index contributed by atoms with van der Waals surface area (Å²) in [5, 5.41) is 8.51. The number of allylic oxidation sites excluding steroid dienone is 3. The summed E-state index contributed by atoms with van der Waals surface area (Å²) in [5.74, 6) is 6.14. The van der Waals surface area contributed by atoms with Crippen LogP contribution in [0.1, 0.15) is 57.8 Å². The van der Waals surface area contributed by atoms with Gasteiger partial charge in [0, 0.05) is 40.5 Å². The van der Waals surface area contributed by atoms with Gasteiger partial charge in [-0.15, -0.1) is 0 Å². The topological polar surface area (TPSA) is 129 Å². The molecule has 214 valence electrons. The second-order valence-corrected chi connectivity index (χ2v) is 8.77. The Balaban J connectivity index is 0.00000255. The molecule has 0 aliphatic carbocycles. The maximum absolute atomic E-state index is 13.9. The van der Waals surface area contributed by atoms with Crippen molar-refractivity contribution < 1.29 is 19.1 Å². The van der Waals surface area contributed by atoms with E-state index in [2.05, 4.69) is 11.8 Å². The van der Waals surface area contributed by atoms with E-state index in [9.17, 15) is 9.18 Å². The summed E-state index contributed by atoms with van der Waals surface area (Å²) in [6.45, 7) is 7.31. The number of nitrogens with two attached hydrogens (primary N) is 2. The zero-order valence-electron chi connectivity index (χ0n) is 23.9. The normalized spacial score (nSPS) is 16.0. The average molecular weight is 535 g/mol. The fourth-order valence-corrected chi connectivity index (χ4v) is 4.08. The van der Waals surface area contributed by atoms with Gasteiger partial charge in [0.15, 0.2) is 0 Å². The van der Waals surface area contributed by atoms with Crippen LogP contribution in [0.2, 0.25) is 0 Å². The van der Waals surface area contributed by atoms with E-state index >= 15 is 0 Å². The number of likely N-dealkylation sites (N-methyl/N-ethyl adjacent to an activating group) is 2. The molecular formula is C28H47FN6O3. The number of aromatic nitrogens is 1. The van der Waals surface area contributed by atoms with Crippen molar-refractivity contribution >= 4 is 24.0 Å². The summed E-state index contributed by atoms with van der Waals surface area (Å²) >= 11 is 0. The molecule has 9 nitrogen and oxygen atoms in total. The first-order chi connectivity index (χ1) is 18.2. The number of anilines is 1. The van der Waals surface area contributed by atoms with Crippen molar-refractivity contribution in [2.24, 2.45) is 11.6 Å². The first kappa shape index (κ1) is 34.8. The minimum Gasteiger partial charge on any atom is -0.400 e. The first-order valence-electron chi connectivity index (χ1n) is 13.0. The van der Waals surface area contributed by atoms with Crippen molar-refractivity contribution in [3.8, 4) is 0 Å².